The van der Waals surface area contributed by atoms with E-state index in [1.165, 1.54) is 6.42 Å². The zero-order valence-corrected chi connectivity index (χ0v) is 9.47. The minimum absolute atomic E-state index is 0.149. The van der Waals surface area contributed by atoms with E-state index in [1.807, 2.05) is 0 Å². The van der Waals surface area contributed by atoms with E-state index in [9.17, 15) is 4.79 Å². The Morgan fingerprint density at radius 1 is 1.50 bits per heavy atom. The highest BCUT2D eigenvalue weighted by Gasteiger charge is 2.50. The summed E-state index contributed by atoms with van der Waals surface area (Å²) in [5.41, 5.74) is 0.344. The highest BCUT2D eigenvalue weighted by Crippen LogP contribution is 2.58. The molecule has 78 valence electrons. The maximum Gasteiger partial charge on any atom is 0.120 e. The number of terminal acetylenes is 1. The Kier molecular flexibility index (Phi) is 3.04. The van der Waals surface area contributed by atoms with Crippen LogP contribution in [0.25, 0.3) is 0 Å². The molecule has 0 unspecified atom stereocenters. The van der Waals surface area contributed by atoms with Crippen molar-refractivity contribution in [1.82, 2.24) is 0 Å². The van der Waals surface area contributed by atoms with E-state index >= 15 is 0 Å². The summed E-state index contributed by atoms with van der Waals surface area (Å²) in [6.45, 7) is 6.73. The molecule has 1 heteroatoms. The van der Waals surface area contributed by atoms with Crippen LogP contribution in [0, 0.1) is 29.1 Å². The second-order valence-electron chi connectivity index (χ2n) is 5.30. The zero-order valence-electron chi connectivity index (χ0n) is 9.47. The van der Waals surface area contributed by atoms with Crippen molar-refractivity contribution in [2.24, 2.45) is 16.7 Å². The molecule has 0 radical (unpaired) electrons. The van der Waals surface area contributed by atoms with Gasteiger partial charge in [-0.15, -0.1) is 12.3 Å². The lowest BCUT2D eigenvalue weighted by molar-refractivity contribution is -0.111. The van der Waals surface area contributed by atoms with E-state index in [-0.39, 0.29) is 10.8 Å². The number of carbonyl (C=O) groups excluding carboxylic acids is 1. The summed E-state index contributed by atoms with van der Waals surface area (Å²) in [4.78, 5) is 10.7. The van der Waals surface area contributed by atoms with Crippen LogP contribution in [0.5, 0.6) is 0 Å². The van der Waals surface area contributed by atoms with Gasteiger partial charge in [-0.2, -0.15) is 0 Å². The van der Waals surface area contributed by atoms with E-state index in [1.54, 1.807) is 0 Å². The molecule has 0 N–H and O–H groups in total. The Bertz CT molecular complexity index is 259. The molecule has 1 aliphatic carbocycles. The summed E-state index contributed by atoms with van der Waals surface area (Å²) in [6.07, 6.45) is 10.2. The monoisotopic (exact) mass is 192 g/mol. The summed E-state index contributed by atoms with van der Waals surface area (Å²) in [6, 6.07) is 0. The van der Waals surface area contributed by atoms with Crippen LogP contribution in [0.4, 0.5) is 0 Å². The van der Waals surface area contributed by atoms with Gasteiger partial charge in [0, 0.05) is 12.8 Å². The minimum atomic E-state index is 0.149. The van der Waals surface area contributed by atoms with Crippen LogP contribution < -0.4 is 0 Å². The van der Waals surface area contributed by atoms with Crippen molar-refractivity contribution in [1.29, 1.82) is 0 Å². The molecule has 0 amide bonds. The average Bonchev–Trinajstić information content (AvgIpc) is 2.30. The van der Waals surface area contributed by atoms with Gasteiger partial charge in [-0.3, -0.25) is 0 Å². The quantitative estimate of drug-likeness (QED) is 0.496. The van der Waals surface area contributed by atoms with Crippen LogP contribution in [0.2, 0.25) is 0 Å². The predicted molar refractivity (Wildman–Crippen MR) is 58.7 cm³/mol. The maximum absolute atomic E-state index is 10.7. The first-order valence-electron chi connectivity index (χ1n) is 5.35. The highest BCUT2D eigenvalue weighted by atomic mass is 16.1. The summed E-state index contributed by atoms with van der Waals surface area (Å²) >= 11 is 0. The van der Waals surface area contributed by atoms with Crippen molar-refractivity contribution in [3.63, 3.8) is 0 Å². The van der Waals surface area contributed by atoms with E-state index in [0.717, 1.165) is 19.1 Å². The molecule has 0 aromatic rings. The smallest absolute Gasteiger partial charge is 0.120 e. The maximum atomic E-state index is 10.7. The molecular weight excluding hydrogens is 172 g/mol. The lowest BCUT2D eigenvalue weighted by Gasteiger charge is -2.40. The fourth-order valence-corrected chi connectivity index (χ4v) is 2.72. The topological polar surface area (TPSA) is 17.1 Å². The lowest BCUT2D eigenvalue weighted by atomic mass is 9.64. The first kappa shape index (κ1) is 11.3. The first-order valence-corrected chi connectivity index (χ1v) is 5.35. The van der Waals surface area contributed by atoms with Gasteiger partial charge in [0.25, 0.3) is 0 Å². The van der Waals surface area contributed by atoms with Crippen molar-refractivity contribution in [3.05, 3.63) is 0 Å². The van der Waals surface area contributed by atoms with Gasteiger partial charge >= 0.3 is 0 Å². The van der Waals surface area contributed by atoms with Crippen LogP contribution in [0.1, 0.15) is 46.5 Å². The average molecular weight is 192 g/mol. The molecule has 0 aromatic heterocycles. The third-order valence-electron chi connectivity index (χ3n) is 4.52. The number of hydrogen-bond acceptors (Lipinski definition) is 1. The van der Waals surface area contributed by atoms with Crippen molar-refractivity contribution in [3.8, 4) is 12.3 Å². The largest absolute Gasteiger partial charge is 0.303 e. The van der Waals surface area contributed by atoms with Gasteiger partial charge < -0.3 is 4.79 Å². The van der Waals surface area contributed by atoms with Gasteiger partial charge in [-0.25, -0.2) is 0 Å². The van der Waals surface area contributed by atoms with Crippen molar-refractivity contribution in [2.75, 3.05) is 0 Å². The molecular formula is C13H20O. The van der Waals surface area contributed by atoms with Crippen LogP contribution in [-0.2, 0) is 4.79 Å². The van der Waals surface area contributed by atoms with Crippen LogP contribution >= 0.6 is 0 Å². The predicted octanol–water partition coefficient (Wildman–Crippen LogP) is 3.04. The molecule has 1 saturated carbocycles. The van der Waals surface area contributed by atoms with E-state index in [0.29, 0.717) is 12.3 Å². The third kappa shape index (κ3) is 1.59. The van der Waals surface area contributed by atoms with Gasteiger partial charge in [0.15, 0.2) is 0 Å². The summed E-state index contributed by atoms with van der Waals surface area (Å²) in [7, 11) is 0. The van der Waals surface area contributed by atoms with Gasteiger partial charge in [-0.05, 0) is 29.6 Å². The fraction of sp³-hybridized carbons (Fsp3) is 0.769. The van der Waals surface area contributed by atoms with E-state index in [4.69, 9.17) is 6.42 Å². The zero-order chi connectivity index (χ0) is 10.8. The lowest BCUT2D eigenvalue weighted by Crippen LogP contribution is -2.34. The summed E-state index contributed by atoms with van der Waals surface area (Å²) < 4.78 is 0. The summed E-state index contributed by atoms with van der Waals surface area (Å²) in [5, 5.41) is 0. The minimum Gasteiger partial charge on any atom is -0.303 e. The molecule has 0 spiro atoms. The van der Waals surface area contributed by atoms with Gasteiger partial charge in [0.2, 0.25) is 0 Å². The normalized spacial score (nSPS) is 35.1. The third-order valence-corrected chi connectivity index (χ3v) is 4.52. The number of hydrogen-bond donors (Lipinski definition) is 0. The van der Waals surface area contributed by atoms with Crippen LogP contribution in [0.3, 0.4) is 0 Å². The number of aldehydes is 1. The molecule has 0 bridgehead atoms. The van der Waals surface area contributed by atoms with Gasteiger partial charge in [0.1, 0.15) is 6.29 Å². The van der Waals surface area contributed by atoms with Gasteiger partial charge in [-0.1, -0.05) is 20.8 Å². The SMILES string of the molecule is C#CC[C@H]1CC[C@@](C)(CC=O)C1(C)C. The van der Waals surface area contributed by atoms with Crippen molar-refractivity contribution < 1.29 is 4.79 Å². The number of carbonyl (C=O) groups is 1. The second kappa shape index (κ2) is 3.77. The van der Waals surface area contributed by atoms with E-state index < -0.39 is 0 Å². The highest BCUT2D eigenvalue weighted by molar-refractivity contribution is 5.51. The molecule has 1 rings (SSSR count). The fourth-order valence-electron chi connectivity index (χ4n) is 2.72. The van der Waals surface area contributed by atoms with Crippen molar-refractivity contribution >= 4 is 6.29 Å². The Balaban J connectivity index is 2.85. The Morgan fingerprint density at radius 2 is 2.14 bits per heavy atom. The Labute approximate surface area is 87.3 Å². The first-order chi connectivity index (χ1) is 6.48. The van der Waals surface area contributed by atoms with Gasteiger partial charge in [0.05, 0.1) is 0 Å². The molecule has 1 fully saturated rings. The van der Waals surface area contributed by atoms with Crippen LogP contribution in [-0.4, -0.2) is 6.29 Å². The second-order valence-corrected chi connectivity index (χ2v) is 5.30. The molecule has 0 heterocycles. The molecule has 2 atom stereocenters. The Morgan fingerprint density at radius 3 is 2.64 bits per heavy atom. The Hall–Kier alpha value is -0.770. The standard InChI is InChI=1S/C13H20O/c1-5-6-11-7-8-13(4,9-10-14)12(11,2)3/h1,10-11H,6-9H2,2-4H3/t11-,13-/m0/s1. The number of rotatable bonds is 3. The molecule has 0 saturated heterocycles. The van der Waals surface area contributed by atoms with Crippen molar-refractivity contribution in [2.45, 2.75) is 46.5 Å². The molecule has 0 aliphatic heterocycles. The molecule has 1 nitrogen and oxygen atoms in total. The molecule has 1 aliphatic rings. The molecule has 0 aromatic carbocycles. The van der Waals surface area contributed by atoms with Crippen LogP contribution in [0.15, 0.2) is 0 Å². The summed E-state index contributed by atoms with van der Waals surface area (Å²) in [5.74, 6) is 3.34. The van der Waals surface area contributed by atoms with E-state index in [2.05, 4.69) is 26.7 Å². The molecule has 14 heavy (non-hydrogen) atoms.